The summed E-state index contributed by atoms with van der Waals surface area (Å²) in [6.07, 6.45) is 1.19. The molecular formula is C13H13ClFN3O4S. The van der Waals surface area contributed by atoms with E-state index < -0.39 is 21.8 Å². The van der Waals surface area contributed by atoms with E-state index in [1.807, 2.05) is 0 Å². The van der Waals surface area contributed by atoms with Crippen LogP contribution in [0.2, 0.25) is 5.02 Å². The van der Waals surface area contributed by atoms with Crippen LogP contribution in [-0.2, 0) is 21.8 Å². The number of sulfonamides is 1. The van der Waals surface area contributed by atoms with Gasteiger partial charge in [-0.3, -0.25) is 0 Å². The average Bonchev–Trinajstić information content (AvgIpc) is 2.83. The van der Waals surface area contributed by atoms with E-state index in [0.717, 1.165) is 18.2 Å². The quantitative estimate of drug-likeness (QED) is 0.824. The molecule has 0 saturated heterocycles. The molecule has 0 fully saturated rings. The van der Waals surface area contributed by atoms with E-state index in [9.17, 15) is 17.6 Å². The van der Waals surface area contributed by atoms with Crippen LogP contribution in [0, 0.1) is 5.82 Å². The van der Waals surface area contributed by atoms with E-state index in [4.69, 9.17) is 16.3 Å². The van der Waals surface area contributed by atoms with Crippen molar-refractivity contribution in [2.24, 2.45) is 7.05 Å². The molecular weight excluding hydrogens is 349 g/mol. The van der Waals surface area contributed by atoms with Crippen LogP contribution >= 0.6 is 11.6 Å². The van der Waals surface area contributed by atoms with Gasteiger partial charge in [-0.1, -0.05) is 11.6 Å². The number of rotatable bonds is 5. The monoisotopic (exact) mass is 361 g/mol. The van der Waals surface area contributed by atoms with E-state index >= 15 is 0 Å². The Balaban J connectivity index is 2.31. The molecule has 0 atom stereocenters. The summed E-state index contributed by atoms with van der Waals surface area (Å²) in [4.78, 5) is 15.3. The van der Waals surface area contributed by atoms with E-state index in [1.165, 1.54) is 17.8 Å². The van der Waals surface area contributed by atoms with Gasteiger partial charge in [0, 0.05) is 7.05 Å². The van der Waals surface area contributed by atoms with Crippen LogP contribution in [0.5, 0.6) is 0 Å². The number of ether oxygens (including phenoxy) is 1. The van der Waals surface area contributed by atoms with Gasteiger partial charge in [-0.2, -0.15) is 0 Å². The number of hydrogen-bond donors (Lipinski definition) is 1. The Hall–Kier alpha value is -2.13. The largest absolute Gasteiger partial charge is 0.461 e. The van der Waals surface area contributed by atoms with Gasteiger partial charge in [0.25, 0.3) is 10.0 Å². The smallest absolute Gasteiger partial charge is 0.356 e. The number of esters is 1. The summed E-state index contributed by atoms with van der Waals surface area (Å²) in [5.74, 6) is -1.45. The number of benzene rings is 1. The third-order valence-electron chi connectivity index (χ3n) is 2.90. The Kier molecular flexibility index (Phi) is 4.90. The number of carbonyl (C=O) groups excluding carboxylic acids is 1. The fraction of sp³-hybridized carbons (Fsp3) is 0.231. The molecule has 0 unspecified atom stereocenters. The first-order valence-corrected chi connectivity index (χ1v) is 8.29. The van der Waals surface area contributed by atoms with Gasteiger partial charge < -0.3 is 9.30 Å². The molecule has 2 aromatic rings. The minimum Gasteiger partial charge on any atom is -0.461 e. The van der Waals surface area contributed by atoms with Crippen molar-refractivity contribution < 1.29 is 22.3 Å². The molecule has 2 rings (SSSR count). The highest BCUT2D eigenvalue weighted by atomic mass is 35.5. The number of nitrogens with one attached hydrogen (secondary N) is 1. The van der Waals surface area contributed by atoms with Crippen molar-refractivity contribution in [3.63, 3.8) is 0 Å². The SMILES string of the molecule is CCOC(=O)c1cnc(NS(=O)(=O)c2ccc(F)c(Cl)c2)n1C. The van der Waals surface area contributed by atoms with Crippen molar-refractivity contribution in [1.29, 1.82) is 0 Å². The van der Waals surface area contributed by atoms with Crippen LogP contribution in [0.1, 0.15) is 17.4 Å². The van der Waals surface area contributed by atoms with Crippen LogP contribution in [0.25, 0.3) is 0 Å². The van der Waals surface area contributed by atoms with Gasteiger partial charge in [-0.15, -0.1) is 0 Å². The first-order valence-electron chi connectivity index (χ1n) is 6.43. The molecule has 0 amide bonds. The molecule has 0 saturated carbocycles. The second-order valence-electron chi connectivity index (χ2n) is 4.43. The van der Waals surface area contributed by atoms with Gasteiger partial charge in [-0.25, -0.2) is 27.3 Å². The standard InChI is InChI=1S/C13H13ClFN3O4S/c1-3-22-12(19)11-7-16-13(18(11)2)17-23(20,21)8-4-5-10(15)9(14)6-8/h4-7H,3H2,1-2H3,(H,16,17). The molecule has 0 aliphatic carbocycles. The molecule has 0 aliphatic heterocycles. The topological polar surface area (TPSA) is 90.3 Å². The highest BCUT2D eigenvalue weighted by Crippen LogP contribution is 2.21. The molecule has 1 aromatic carbocycles. The highest BCUT2D eigenvalue weighted by molar-refractivity contribution is 7.92. The van der Waals surface area contributed by atoms with E-state index in [1.54, 1.807) is 6.92 Å². The van der Waals surface area contributed by atoms with Crippen LogP contribution in [0.15, 0.2) is 29.3 Å². The Bertz CT molecular complexity index is 851. The number of anilines is 1. The second-order valence-corrected chi connectivity index (χ2v) is 6.52. The fourth-order valence-corrected chi connectivity index (χ4v) is 3.04. The molecule has 23 heavy (non-hydrogen) atoms. The van der Waals surface area contributed by atoms with E-state index in [0.29, 0.717) is 0 Å². The Morgan fingerprint density at radius 2 is 2.17 bits per heavy atom. The third-order valence-corrected chi connectivity index (χ3v) is 4.52. The van der Waals surface area contributed by atoms with Crippen molar-refractivity contribution in [1.82, 2.24) is 9.55 Å². The zero-order valence-corrected chi connectivity index (χ0v) is 13.8. The minimum atomic E-state index is -4.04. The molecule has 0 radical (unpaired) electrons. The third kappa shape index (κ3) is 3.62. The summed E-state index contributed by atoms with van der Waals surface area (Å²) < 4.78 is 45.9. The zero-order chi connectivity index (χ0) is 17.2. The van der Waals surface area contributed by atoms with Crippen LogP contribution in [-0.4, -0.2) is 30.5 Å². The molecule has 1 N–H and O–H groups in total. The Morgan fingerprint density at radius 3 is 2.78 bits per heavy atom. The number of imidazole rings is 1. The van der Waals surface area contributed by atoms with Crippen LogP contribution in [0.3, 0.4) is 0 Å². The summed E-state index contributed by atoms with van der Waals surface area (Å²) in [6.45, 7) is 1.83. The lowest BCUT2D eigenvalue weighted by molar-refractivity contribution is 0.0515. The molecule has 10 heteroatoms. The van der Waals surface area contributed by atoms with Crippen molar-refractivity contribution >= 4 is 33.5 Å². The lowest BCUT2D eigenvalue weighted by Crippen LogP contribution is -2.17. The van der Waals surface area contributed by atoms with Gasteiger partial charge in [0.2, 0.25) is 5.95 Å². The normalized spacial score (nSPS) is 11.3. The van der Waals surface area contributed by atoms with Gasteiger partial charge in [0.05, 0.1) is 22.7 Å². The van der Waals surface area contributed by atoms with Crippen molar-refractivity contribution in [3.05, 3.63) is 40.9 Å². The fourth-order valence-electron chi connectivity index (χ4n) is 1.72. The number of halogens is 2. The Morgan fingerprint density at radius 1 is 1.48 bits per heavy atom. The molecule has 124 valence electrons. The predicted octanol–water partition coefficient (Wildman–Crippen LogP) is 2.19. The number of aromatic nitrogens is 2. The molecule has 1 aromatic heterocycles. The lowest BCUT2D eigenvalue weighted by atomic mass is 10.3. The maximum absolute atomic E-state index is 13.1. The summed E-state index contributed by atoms with van der Waals surface area (Å²) in [5, 5.41) is -0.320. The first-order chi connectivity index (χ1) is 10.8. The van der Waals surface area contributed by atoms with E-state index in [2.05, 4.69) is 9.71 Å². The summed E-state index contributed by atoms with van der Waals surface area (Å²) in [7, 11) is -2.58. The molecule has 7 nitrogen and oxygen atoms in total. The molecule has 1 heterocycles. The van der Waals surface area contributed by atoms with Crippen LogP contribution in [0.4, 0.5) is 10.3 Å². The van der Waals surface area contributed by atoms with E-state index in [-0.39, 0.29) is 28.2 Å². The van der Waals surface area contributed by atoms with Crippen molar-refractivity contribution in [2.45, 2.75) is 11.8 Å². The summed E-state index contributed by atoms with van der Waals surface area (Å²) in [5.41, 5.74) is 0.0849. The van der Waals surface area contributed by atoms with Gasteiger partial charge in [-0.05, 0) is 25.1 Å². The maximum Gasteiger partial charge on any atom is 0.356 e. The Labute approximate surface area is 137 Å². The first kappa shape index (κ1) is 17.2. The number of carbonyl (C=O) groups is 1. The maximum atomic E-state index is 13.1. The number of hydrogen-bond acceptors (Lipinski definition) is 5. The highest BCUT2D eigenvalue weighted by Gasteiger charge is 2.21. The molecule has 0 aliphatic rings. The van der Waals surface area contributed by atoms with Crippen molar-refractivity contribution in [3.8, 4) is 0 Å². The molecule has 0 spiro atoms. The predicted molar refractivity (Wildman–Crippen MR) is 81.4 cm³/mol. The van der Waals surface area contributed by atoms with Crippen molar-refractivity contribution in [2.75, 3.05) is 11.3 Å². The minimum absolute atomic E-state index is 0.0849. The van der Waals surface area contributed by atoms with Gasteiger partial charge in [0.1, 0.15) is 11.5 Å². The molecule has 0 bridgehead atoms. The average molecular weight is 362 g/mol. The number of nitrogens with zero attached hydrogens (tertiary/aromatic N) is 2. The van der Waals surface area contributed by atoms with Crippen LogP contribution < -0.4 is 4.72 Å². The second kappa shape index (κ2) is 6.55. The lowest BCUT2D eigenvalue weighted by Gasteiger charge is -2.09. The van der Waals surface area contributed by atoms with Gasteiger partial charge in [0.15, 0.2) is 0 Å². The zero-order valence-electron chi connectivity index (χ0n) is 12.2. The summed E-state index contributed by atoms with van der Waals surface area (Å²) >= 11 is 5.59. The van der Waals surface area contributed by atoms with Gasteiger partial charge >= 0.3 is 5.97 Å². The summed E-state index contributed by atoms with van der Waals surface area (Å²) in [6, 6.07) is 2.99.